The Bertz CT molecular complexity index is 491. The van der Waals surface area contributed by atoms with Crippen molar-refractivity contribution >= 4 is 11.9 Å². The van der Waals surface area contributed by atoms with Gasteiger partial charge in [-0.05, 0) is 24.5 Å². The molecule has 2 rings (SSSR count). The van der Waals surface area contributed by atoms with Crippen LogP contribution in [0, 0.1) is 0 Å². The van der Waals surface area contributed by atoms with Gasteiger partial charge >= 0.3 is 11.9 Å². The summed E-state index contributed by atoms with van der Waals surface area (Å²) in [5.41, 5.74) is 0.888. The molecule has 0 unspecified atom stereocenters. The van der Waals surface area contributed by atoms with Crippen LogP contribution in [0.15, 0.2) is 12.1 Å². The summed E-state index contributed by atoms with van der Waals surface area (Å²) in [4.78, 5) is 22.7. The fraction of sp³-hybridized carbons (Fsp3) is 0.429. The number of cyclic esters (lactones) is 2. The number of unbranched alkanes of at least 4 members (excludes halogenated alkanes) is 3. The zero-order valence-corrected chi connectivity index (χ0v) is 10.4. The van der Waals surface area contributed by atoms with Gasteiger partial charge in [0.2, 0.25) is 0 Å². The van der Waals surface area contributed by atoms with E-state index in [9.17, 15) is 14.7 Å². The Morgan fingerprint density at radius 2 is 1.89 bits per heavy atom. The van der Waals surface area contributed by atoms with Crippen LogP contribution >= 0.6 is 0 Å². The second-order valence-corrected chi connectivity index (χ2v) is 4.48. The highest BCUT2D eigenvalue weighted by atomic mass is 16.6. The van der Waals surface area contributed by atoms with E-state index in [2.05, 4.69) is 11.7 Å². The van der Waals surface area contributed by atoms with Crippen molar-refractivity contribution in [2.75, 3.05) is 0 Å². The first-order chi connectivity index (χ1) is 8.65. The third kappa shape index (κ3) is 2.23. The molecule has 0 spiro atoms. The molecule has 1 N–H and O–H groups in total. The van der Waals surface area contributed by atoms with Gasteiger partial charge in [0.1, 0.15) is 11.3 Å². The summed E-state index contributed by atoms with van der Waals surface area (Å²) >= 11 is 0. The van der Waals surface area contributed by atoms with Crippen molar-refractivity contribution in [3.63, 3.8) is 0 Å². The van der Waals surface area contributed by atoms with Crippen LogP contribution in [-0.4, -0.2) is 17.0 Å². The molecule has 1 aromatic carbocycles. The van der Waals surface area contributed by atoms with E-state index in [1.54, 1.807) is 12.1 Å². The van der Waals surface area contributed by atoms with Crippen LogP contribution in [0.3, 0.4) is 0 Å². The molecule has 18 heavy (non-hydrogen) atoms. The highest BCUT2D eigenvalue weighted by Crippen LogP contribution is 2.32. The monoisotopic (exact) mass is 248 g/mol. The molecule has 1 aliphatic heterocycles. The molecular formula is C14H16O4. The minimum atomic E-state index is -0.747. The molecule has 1 aliphatic rings. The number of hydrogen-bond donors (Lipinski definition) is 1. The summed E-state index contributed by atoms with van der Waals surface area (Å²) < 4.78 is 4.47. The lowest BCUT2D eigenvalue weighted by atomic mass is 9.99. The maximum absolute atomic E-state index is 11.4. The number of ether oxygens (including phenoxy) is 1. The number of aryl methyl sites for hydroxylation is 1. The summed E-state index contributed by atoms with van der Waals surface area (Å²) in [5, 5.41) is 10.0. The molecule has 0 fully saturated rings. The Balaban J connectivity index is 2.17. The molecule has 0 saturated carbocycles. The molecule has 0 aromatic heterocycles. The molecule has 0 amide bonds. The summed E-state index contributed by atoms with van der Waals surface area (Å²) in [6.45, 7) is 2.13. The van der Waals surface area contributed by atoms with E-state index >= 15 is 0 Å². The van der Waals surface area contributed by atoms with E-state index < -0.39 is 11.9 Å². The Morgan fingerprint density at radius 1 is 1.11 bits per heavy atom. The predicted octanol–water partition coefficient (Wildman–Crippen LogP) is 2.83. The first-order valence-electron chi connectivity index (χ1n) is 6.26. The van der Waals surface area contributed by atoms with E-state index in [0.717, 1.165) is 25.7 Å². The largest absolute Gasteiger partial charge is 0.507 e. The molecule has 4 heteroatoms. The van der Waals surface area contributed by atoms with Crippen LogP contribution in [0.4, 0.5) is 0 Å². The molecular weight excluding hydrogens is 232 g/mol. The van der Waals surface area contributed by atoms with E-state index in [1.807, 2.05) is 0 Å². The number of carbonyl (C=O) groups is 2. The lowest BCUT2D eigenvalue weighted by molar-refractivity contribution is 0.0443. The molecule has 4 nitrogen and oxygen atoms in total. The Labute approximate surface area is 106 Å². The number of phenolic OH excluding ortho intramolecular Hbond substituents is 1. The Kier molecular flexibility index (Phi) is 3.65. The normalized spacial score (nSPS) is 13.6. The number of fused-ring (bicyclic) bond motifs is 1. The maximum atomic E-state index is 11.4. The summed E-state index contributed by atoms with van der Waals surface area (Å²) in [7, 11) is 0. The van der Waals surface area contributed by atoms with Gasteiger partial charge in [-0.25, -0.2) is 9.59 Å². The minimum Gasteiger partial charge on any atom is -0.507 e. The minimum absolute atomic E-state index is 0.0213. The van der Waals surface area contributed by atoms with Gasteiger partial charge in [0.25, 0.3) is 0 Å². The molecule has 1 heterocycles. The van der Waals surface area contributed by atoms with Crippen molar-refractivity contribution in [3.8, 4) is 5.75 Å². The van der Waals surface area contributed by atoms with Crippen LogP contribution in [0.1, 0.15) is 58.9 Å². The average molecular weight is 248 g/mol. The zero-order valence-electron chi connectivity index (χ0n) is 10.4. The van der Waals surface area contributed by atoms with Crippen LogP contribution in [-0.2, 0) is 11.2 Å². The quantitative estimate of drug-likeness (QED) is 0.494. The molecule has 0 saturated heterocycles. The number of esters is 2. The van der Waals surface area contributed by atoms with Crippen molar-refractivity contribution in [1.82, 2.24) is 0 Å². The first kappa shape index (κ1) is 12.6. The SMILES string of the molecule is CCCCCCc1ccc2c(c1O)C(=O)OC2=O. The topological polar surface area (TPSA) is 63.6 Å². The number of aromatic hydroxyl groups is 1. The summed E-state index contributed by atoms with van der Waals surface area (Å²) in [6, 6.07) is 3.25. The van der Waals surface area contributed by atoms with Gasteiger partial charge < -0.3 is 9.84 Å². The number of carbonyl (C=O) groups excluding carboxylic acids is 2. The van der Waals surface area contributed by atoms with Crippen molar-refractivity contribution in [2.24, 2.45) is 0 Å². The summed E-state index contributed by atoms with van der Waals surface area (Å²) in [5.74, 6) is -1.52. The smallest absolute Gasteiger partial charge is 0.350 e. The van der Waals surface area contributed by atoms with Gasteiger partial charge in [0, 0.05) is 0 Å². The van der Waals surface area contributed by atoms with E-state index in [-0.39, 0.29) is 16.9 Å². The molecule has 1 aromatic rings. The van der Waals surface area contributed by atoms with Gasteiger partial charge in [-0.15, -0.1) is 0 Å². The lowest BCUT2D eigenvalue weighted by Gasteiger charge is -2.06. The molecule has 0 aliphatic carbocycles. The zero-order chi connectivity index (χ0) is 13.1. The van der Waals surface area contributed by atoms with Gasteiger partial charge in [-0.2, -0.15) is 0 Å². The standard InChI is InChI=1S/C14H16O4/c1-2-3-4-5-6-9-7-8-10-11(12(9)15)14(17)18-13(10)16/h7-8,15H,2-6H2,1H3. The fourth-order valence-corrected chi connectivity index (χ4v) is 2.15. The summed E-state index contributed by atoms with van der Waals surface area (Å²) in [6.07, 6.45) is 5.07. The lowest BCUT2D eigenvalue weighted by Crippen LogP contribution is -1.98. The van der Waals surface area contributed by atoms with Crippen molar-refractivity contribution in [1.29, 1.82) is 0 Å². The van der Waals surface area contributed by atoms with Crippen molar-refractivity contribution in [2.45, 2.75) is 39.0 Å². The van der Waals surface area contributed by atoms with Crippen molar-refractivity contribution in [3.05, 3.63) is 28.8 Å². The van der Waals surface area contributed by atoms with Gasteiger partial charge in [0.05, 0.1) is 5.56 Å². The molecule has 96 valence electrons. The maximum Gasteiger partial charge on any atom is 0.350 e. The highest BCUT2D eigenvalue weighted by Gasteiger charge is 2.33. The van der Waals surface area contributed by atoms with Crippen LogP contribution in [0.25, 0.3) is 0 Å². The molecule has 0 radical (unpaired) electrons. The first-order valence-corrected chi connectivity index (χ1v) is 6.26. The Morgan fingerprint density at radius 3 is 2.61 bits per heavy atom. The average Bonchev–Trinajstić information content (AvgIpc) is 2.63. The van der Waals surface area contributed by atoms with Gasteiger partial charge in [0.15, 0.2) is 0 Å². The van der Waals surface area contributed by atoms with Crippen LogP contribution in [0.5, 0.6) is 5.75 Å². The van der Waals surface area contributed by atoms with Gasteiger partial charge in [-0.1, -0.05) is 32.3 Å². The van der Waals surface area contributed by atoms with Crippen LogP contribution < -0.4 is 0 Å². The number of benzene rings is 1. The van der Waals surface area contributed by atoms with E-state index in [1.165, 1.54) is 0 Å². The molecule has 0 bridgehead atoms. The predicted molar refractivity (Wildman–Crippen MR) is 65.7 cm³/mol. The third-order valence-electron chi connectivity index (χ3n) is 3.17. The van der Waals surface area contributed by atoms with E-state index in [0.29, 0.717) is 12.0 Å². The molecule has 0 atom stereocenters. The van der Waals surface area contributed by atoms with Crippen LogP contribution in [0.2, 0.25) is 0 Å². The fourth-order valence-electron chi connectivity index (χ4n) is 2.15. The second kappa shape index (κ2) is 5.21. The van der Waals surface area contributed by atoms with E-state index in [4.69, 9.17) is 0 Å². The van der Waals surface area contributed by atoms with Crippen molar-refractivity contribution < 1.29 is 19.4 Å². The second-order valence-electron chi connectivity index (χ2n) is 4.48. The number of hydrogen-bond acceptors (Lipinski definition) is 4. The number of rotatable bonds is 5. The van der Waals surface area contributed by atoms with Gasteiger partial charge in [-0.3, -0.25) is 0 Å². The third-order valence-corrected chi connectivity index (χ3v) is 3.17. The highest BCUT2D eigenvalue weighted by molar-refractivity contribution is 6.16. The number of phenols is 1. The Hall–Kier alpha value is -1.84.